The van der Waals surface area contributed by atoms with E-state index in [0.29, 0.717) is 23.0 Å². The van der Waals surface area contributed by atoms with Crippen LogP contribution in [-0.2, 0) is 4.79 Å². The number of rotatable bonds is 7. The molecule has 3 aromatic carbocycles. The zero-order valence-electron chi connectivity index (χ0n) is 19.0. The van der Waals surface area contributed by atoms with Crippen LogP contribution in [0.1, 0.15) is 39.7 Å². The quantitative estimate of drug-likeness (QED) is 0.546. The van der Waals surface area contributed by atoms with Gasteiger partial charge in [-0.3, -0.25) is 4.79 Å². The molecule has 7 nitrogen and oxygen atoms in total. The van der Waals surface area contributed by atoms with Crippen molar-refractivity contribution in [2.45, 2.75) is 18.8 Å². The van der Waals surface area contributed by atoms with Crippen molar-refractivity contribution in [3.63, 3.8) is 0 Å². The van der Waals surface area contributed by atoms with E-state index in [4.69, 9.17) is 18.9 Å². The molecule has 5 rings (SSSR count). The predicted octanol–water partition coefficient (Wildman–Crippen LogP) is 4.08. The molecule has 1 aliphatic carbocycles. The molecular formula is C27H26O7. The second-order valence-electron chi connectivity index (χ2n) is 8.54. The van der Waals surface area contributed by atoms with Gasteiger partial charge in [0.15, 0.2) is 11.5 Å². The van der Waals surface area contributed by atoms with Gasteiger partial charge in [0.25, 0.3) is 0 Å². The van der Waals surface area contributed by atoms with Gasteiger partial charge in [0.1, 0.15) is 18.1 Å². The number of carboxylic acids is 1. The van der Waals surface area contributed by atoms with Crippen molar-refractivity contribution in [3.8, 4) is 23.0 Å². The normalized spacial score (nSPS) is 20.1. The minimum atomic E-state index is -0.898. The number of fused-ring (bicyclic) bond motifs is 2. The van der Waals surface area contributed by atoms with Gasteiger partial charge in [0.05, 0.1) is 19.6 Å². The second-order valence-corrected chi connectivity index (χ2v) is 8.54. The van der Waals surface area contributed by atoms with E-state index in [0.717, 1.165) is 27.8 Å². The molecule has 1 unspecified atom stereocenters. The molecule has 0 saturated carbocycles. The monoisotopic (exact) mass is 462 g/mol. The molecule has 3 aromatic rings. The summed E-state index contributed by atoms with van der Waals surface area (Å²) in [5.41, 5.74) is 4.57. The minimum absolute atomic E-state index is 0.0941. The highest BCUT2D eigenvalue weighted by atomic mass is 16.7. The van der Waals surface area contributed by atoms with Gasteiger partial charge in [-0.15, -0.1) is 0 Å². The molecule has 2 aliphatic rings. The SMILES string of the molecule is COc1ccc([C@@H]2c3cc(C)ccc3[C@H](c3ccc4c(c3)OCO4)C2C(=O)O)c(OCCO)c1. The first-order valence-electron chi connectivity index (χ1n) is 11.2. The molecule has 0 spiro atoms. The molecule has 0 saturated heterocycles. The van der Waals surface area contributed by atoms with Crippen LogP contribution in [0.3, 0.4) is 0 Å². The topological polar surface area (TPSA) is 94.5 Å². The third-order valence-corrected chi connectivity index (χ3v) is 6.58. The third-order valence-electron chi connectivity index (χ3n) is 6.58. The number of aryl methyl sites for hydroxylation is 1. The third kappa shape index (κ3) is 3.72. The Morgan fingerprint density at radius 3 is 2.53 bits per heavy atom. The summed E-state index contributed by atoms with van der Waals surface area (Å²) < 4.78 is 22.2. The van der Waals surface area contributed by atoms with Crippen molar-refractivity contribution in [2.24, 2.45) is 5.92 Å². The number of carbonyl (C=O) groups is 1. The van der Waals surface area contributed by atoms with Crippen LogP contribution >= 0.6 is 0 Å². The van der Waals surface area contributed by atoms with Gasteiger partial charge >= 0.3 is 5.97 Å². The molecule has 0 fully saturated rings. The zero-order valence-corrected chi connectivity index (χ0v) is 19.0. The Bertz CT molecular complexity index is 1240. The lowest BCUT2D eigenvalue weighted by molar-refractivity contribution is -0.142. The number of aliphatic carboxylic acids is 1. The van der Waals surface area contributed by atoms with Crippen molar-refractivity contribution >= 4 is 5.97 Å². The summed E-state index contributed by atoms with van der Waals surface area (Å²) in [4.78, 5) is 12.8. The van der Waals surface area contributed by atoms with E-state index in [1.807, 2.05) is 49.4 Å². The molecule has 1 aliphatic heterocycles. The van der Waals surface area contributed by atoms with Crippen LogP contribution in [0.4, 0.5) is 0 Å². The number of aliphatic hydroxyl groups is 1. The maximum absolute atomic E-state index is 12.8. The average Bonchev–Trinajstić information content (AvgIpc) is 3.44. The number of ether oxygens (including phenoxy) is 4. The van der Waals surface area contributed by atoms with Gasteiger partial charge in [0, 0.05) is 23.5 Å². The predicted molar refractivity (Wildman–Crippen MR) is 124 cm³/mol. The Morgan fingerprint density at radius 1 is 0.971 bits per heavy atom. The van der Waals surface area contributed by atoms with E-state index in [1.165, 1.54) is 0 Å². The fraction of sp³-hybridized carbons (Fsp3) is 0.296. The van der Waals surface area contributed by atoms with Crippen LogP contribution in [-0.4, -0.2) is 43.3 Å². The second kappa shape index (κ2) is 8.91. The number of hydrogen-bond donors (Lipinski definition) is 2. The van der Waals surface area contributed by atoms with E-state index >= 15 is 0 Å². The fourth-order valence-corrected chi connectivity index (χ4v) is 5.14. The van der Waals surface area contributed by atoms with Gasteiger partial charge in [-0.05, 0) is 41.8 Å². The summed E-state index contributed by atoms with van der Waals surface area (Å²) in [6.45, 7) is 2.09. The van der Waals surface area contributed by atoms with Crippen molar-refractivity contribution in [3.05, 3.63) is 82.4 Å². The van der Waals surface area contributed by atoms with Crippen LogP contribution in [0.2, 0.25) is 0 Å². The summed E-state index contributed by atoms with van der Waals surface area (Å²) in [7, 11) is 1.56. The lowest BCUT2D eigenvalue weighted by Gasteiger charge is -2.25. The molecule has 3 atom stereocenters. The van der Waals surface area contributed by atoms with Gasteiger partial charge in [0.2, 0.25) is 6.79 Å². The van der Waals surface area contributed by atoms with Gasteiger partial charge in [-0.25, -0.2) is 0 Å². The first-order chi connectivity index (χ1) is 16.5. The molecule has 176 valence electrons. The van der Waals surface area contributed by atoms with Crippen molar-refractivity contribution in [1.82, 2.24) is 0 Å². The average molecular weight is 462 g/mol. The summed E-state index contributed by atoms with van der Waals surface area (Å²) in [6, 6.07) is 17.1. The molecule has 1 heterocycles. The molecule has 0 bridgehead atoms. The molecule has 7 heteroatoms. The standard InChI is InChI=1S/C27H26O7/c1-15-3-6-18-20(11-15)25(19-7-5-17(31-2)13-22(19)32-10-9-28)26(27(29)30)24(18)16-4-8-21-23(12-16)34-14-33-21/h3-8,11-13,24-26,28H,9-10,14H2,1-2H3,(H,29,30)/t24-,25+,26?/m0/s1. The number of aliphatic hydroxyl groups excluding tert-OH is 1. The van der Waals surface area contributed by atoms with Crippen molar-refractivity contribution in [2.75, 3.05) is 27.1 Å². The zero-order chi connectivity index (χ0) is 23.8. The summed E-state index contributed by atoms with van der Waals surface area (Å²) in [5, 5.41) is 19.9. The molecule has 0 radical (unpaired) electrons. The van der Waals surface area contributed by atoms with Crippen molar-refractivity contribution in [1.29, 1.82) is 0 Å². The van der Waals surface area contributed by atoms with Crippen molar-refractivity contribution < 1.29 is 34.0 Å². The van der Waals surface area contributed by atoms with Gasteiger partial charge in [-0.2, -0.15) is 0 Å². The Balaban J connectivity index is 1.69. The number of methoxy groups -OCH3 is 1. The first-order valence-corrected chi connectivity index (χ1v) is 11.2. The van der Waals surface area contributed by atoms with E-state index < -0.39 is 17.8 Å². The van der Waals surface area contributed by atoms with E-state index in [9.17, 15) is 15.0 Å². The highest BCUT2D eigenvalue weighted by Crippen LogP contribution is 2.55. The number of hydrogen-bond acceptors (Lipinski definition) is 6. The highest BCUT2D eigenvalue weighted by Gasteiger charge is 2.47. The molecule has 2 N–H and O–H groups in total. The summed E-state index contributed by atoms with van der Waals surface area (Å²) in [5.74, 6) is -0.142. The van der Waals surface area contributed by atoms with E-state index in [-0.39, 0.29) is 25.9 Å². The highest BCUT2D eigenvalue weighted by molar-refractivity contribution is 5.78. The Hall–Kier alpha value is -3.71. The van der Waals surface area contributed by atoms with Crippen LogP contribution in [0.15, 0.2) is 54.6 Å². The number of benzene rings is 3. The molecule has 0 aromatic heterocycles. The smallest absolute Gasteiger partial charge is 0.308 e. The Kier molecular flexibility index (Phi) is 5.79. The van der Waals surface area contributed by atoms with Gasteiger partial charge in [-0.1, -0.05) is 35.9 Å². The van der Waals surface area contributed by atoms with Crippen LogP contribution in [0.25, 0.3) is 0 Å². The van der Waals surface area contributed by atoms with Crippen LogP contribution < -0.4 is 18.9 Å². The maximum Gasteiger partial charge on any atom is 0.308 e. The lowest BCUT2D eigenvalue weighted by atomic mass is 9.79. The summed E-state index contributed by atoms with van der Waals surface area (Å²) >= 11 is 0. The first kappa shape index (κ1) is 22.1. The Labute approximate surface area is 197 Å². The molecule has 34 heavy (non-hydrogen) atoms. The largest absolute Gasteiger partial charge is 0.497 e. The summed E-state index contributed by atoms with van der Waals surface area (Å²) in [6.07, 6.45) is 0. The van der Waals surface area contributed by atoms with E-state index in [2.05, 4.69) is 6.07 Å². The Morgan fingerprint density at radius 2 is 1.76 bits per heavy atom. The van der Waals surface area contributed by atoms with E-state index in [1.54, 1.807) is 13.2 Å². The molecular weight excluding hydrogens is 436 g/mol. The van der Waals surface area contributed by atoms with Crippen LogP contribution in [0.5, 0.6) is 23.0 Å². The maximum atomic E-state index is 12.8. The molecule has 0 amide bonds. The number of carboxylic acid groups (broad SMARTS) is 1. The van der Waals surface area contributed by atoms with Gasteiger partial charge < -0.3 is 29.2 Å². The van der Waals surface area contributed by atoms with Crippen LogP contribution in [0, 0.1) is 12.8 Å². The fourth-order valence-electron chi connectivity index (χ4n) is 5.14. The minimum Gasteiger partial charge on any atom is -0.497 e. The lowest BCUT2D eigenvalue weighted by Crippen LogP contribution is -2.24.